The molecule has 8 nitrogen and oxygen atoms in total. The number of benzene rings is 2. The predicted molar refractivity (Wildman–Crippen MR) is 95.4 cm³/mol. The van der Waals surface area contributed by atoms with Crippen molar-refractivity contribution in [1.29, 1.82) is 0 Å². The number of carboxylic acid groups (broad SMARTS) is 2. The monoisotopic (exact) mass is 373 g/mol. The molecule has 27 heavy (non-hydrogen) atoms. The number of hydrogen-bond acceptors (Lipinski definition) is 5. The largest absolute Gasteiger partial charge is 0.481 e. The van der Waals surface area contributed by atoms with Gasteiger partial charge in [-0.3, -0.25) is 9.59 Å². The Labute approximate surface area is 155 Å². The second kappa shape index (κ2) is 10.3. The van der Waals surface area contributed by atoms with Crippen LogP contribution in [0.4, 0.5) is 0 Å². The first-order valence-corrected chi connectivity index (χ1v) is 7.82. The van der Waals surface area contributed by atoms with E-state index in [0.717, 1.165) is 11.1 Å². The molecule has 0 bridgehead atoms. The number of rotatable bonds is 5. The maximum atomic E-state index is 12.0. The molecule has 0 spiro atoms. The number of ether oxygens (including phenoxy) is 1. The number of carboxylic acids is 2. The number of amides is 1. The first-order valence-electron chi connectivity index (χ1n) is 7.82. The summed E-state index contributed by atoms with van der Waals surface area (Å²) in [7, 11) is 0. The highest BCUT2D eigenvalue weighted by Gasteiger charge is 2.10. The molecule has 0 saturated carbocycles. The van der Waals surface area contributed by atoms with Gasteiger partial charge < -0.3 is 20.7 Å². The maximum Gasteiger partial charge on any atom is 0.394 e. The van der Waals surface area contributed by atoms with Crippen LogP contribution in [0.2, 0.25) is 0 Å². The summed E-state index contributed by atoms with van der Waals surface area (Å²) in [5.74, 6) is -3.70. The molecule has 0 aliphatic heterocycles. The van der Waals surface area contributed by atoms with Crippen molar-refractivity contribution in [3.05, 3.63) is 65.2 Å². The third-order valence-corrected chi connectivity index (χ3v) is 3.34. The number of aliphatic carboxylic acids is 2. The van der Waals surface area contributed by atoms with Crippen LogP contribution in [0.3, 0.4) is 0 Å². The van der Waals surface area contributed by atoms with Crippen LogP contribution in [0, 0.1) is 6.92 Å². The van der Waals surface area contributed by atoms with Gasteiger partial charge in [0.2, 0.25) is 0 Å². The predicted octanol–water partition coefficient (Wildman–Crippen LogP) is 1.79. The number of hydrogen-bond donors (Lipinski definition) is 3. The summed E-state index contributed by atoms with van der Waals surface area (Å²) in [6.45, 7) is 1.85. The van der Waals surface area contributed by atoms with Crippen molar-refractivity contribution >= 4 is 23.8 Å². The summed E-state index contributed by atoms with van der Waals surface area (Å²) < 4.78 is 5.31. The number of primary amides is 1. The Hall–Kier alpha value is -3.68. The van der Waals surface area contributed by atoms with Gasteiger partial charge in [0.15, 0.2) is 0 Å². The lowest BCUT2D eigenvalue weighted by molar-refractivity contribution is -0.148. The van der Waals surface area contributed by atoms with Gasteiger partial charge >= 0.3 is 23.8 Å². The molecule has 2 aromatic carbocycles. The summed E-state index contributed by atoms with van der Waals surface area (Å²) in [5.41, 5.74) is 6.49. The minimum atomic E-state index is -1.60. The van der Waals surface area contributed by atoms with Gasteiger partial charge in [-0.05, 0) is 42.7 Å². The van der Waals surface area contributed by atoms with Gasteiger partial charge in [0.25, 0.3) is 0 Å². The molecule has 0 aliphatic rings. The molecule has 0 heterocycles. The van der Waals surface area contributed by atoms with Crippen molar-refractivity contribution in [2.24, 2.45) is 5.73 Å². The SMILES string of the molecule is Cc1ccccc1C(=O)Oc1ccc(CCC(=O)O)cc1.NC(=O)C(=O)O. The number of carbonyl (C=O) groups excluding carboxylic acids is 2. The molecule has 142 valence electrons. The van der Waals surface area contributed by atoms with Gasteiger partial charge in [-0.1, -0.05) is 30.3 Å². The second-order valence-corrected chi connectivity index (χ2v) is 5.41. The Morgan fingerprint density at radius 1 is 0.963 bits per heavy atom. The van der Waals surface area contributed by atoms with Crippen molar-refractivity contribution in [3.63, 3.8) is 0 Å². The lowest BCUT2D eigenvalue weighted by Gasteiger charge is -2.07. The summed E-state index contributed by atoms with van der Waals surface area (Å²) >= 11 is 0. The highest BCUT2D eigenvalue weighted by molar-refractivity contribution is 6.30. The Morgan fingerprint density at radius 2 is 1.52 bits per heavy atom. The number of nitrogens with two attached hydrogens (primary N) is 1. The molecule has 0 saturated heterocycles. The fourth-order valence-corrected chi connectivity index (χ4v) is 1.94. The summed E-state index contributed by atoms with van der Waals surface area (Å²) in [5, 5.41) is 16.1. The smallest absolute Gasteiger partial charge is 0.394 e. The Morgan fingerprint density at radius 3 is 2.00 bits per heavy atom. The minimum absolute atomic E-state index is 0.0857. The van der Waals surface area contributed by atoms with Gasteiger partial charge in [0.05, 0.1) is 5.56 Å². The fourth-order valence-electron chi connectivity index (χ4n) is 1.94. The molecular weight excluding hydrogens is 354 g/mol. The highest BCUT2D eigenvalue weighted by Crippen LogP contribution is 2.16. The van der Waals surface area contributed by atoms with Crippen LogP contribution < -0.4 is 10.5 Å². The first kappa shape index (κ1) is 21.4. The second-order valence-electron chi connectivity index (χ2n) is 5.41. The average molecular weight is 373 g/mol. The Bertz CT molecular complexity index is 816. The molecule has 0 fully saturated rings. The van der Waals surface area contributed by atoms with Crippen LogP contribution in [0.15, 0.2) is 48.5 Å². The van der Waals surface area contributed by atoms with E-state index in [1.807, 2.05) is 19.1 Å². The number of aryl methyl sites for hydroxylation is 2. The van der Waals surface area contributed by atoms with Gasteiger partial charge in [0.1, 0.15) is 5.75 Å². The quantitative estimate of drug-likeness (QED) is 0.412. The van der Waals surface area contributed by atoms with E-state index in [9.17, 15) is 19.2 Å². The molecule has 0 aliphatic carbocycles. The van der Waals surface area contributed by atoms with Crippen molar-refractivity contribution in [1.82, 2.24) is 0 Å². The molecule has 8 heteroatoms. The minimum Gasteiger partial charge on any atom is -0.481 e. The molecule has 0 unspecified atom stereocenters. The lowest BCUT2D eigenvalue weighted by atomic mass is 10.1. The third-order valence-electron chi connectivity index (χ3n) is 3.34. The molecular formula is C19H19NO7. The molecule has 0 atom stereocenters. The van der Waals surface area contributed by atoms with Gasteiger partial charge in [-0.2, -0.15) is 0 Å². The van der Waals surface area contributed by atoms with Crippen LogP contribution >= 0.6 is 0 Å². The van der Waals surface area contributed by atoms with E-state index >= 15 is 0 Å². The van der Waals surface area contributed by atoms with Crippen molar-refractivity contribution in [2.75, 3.05) is 0 Å². The molecule has 0 radical (unpaired) electrons. The average Bonchev–Trinajstić information content (AvgIpc) is 2.61. The van der Waals surface area contributed by atoms with E-state index in [-0.39, 0.29) is 6.42 Å². The zero-order valence-electron chi connectivity index (χ0n) is 14.5. The van der Waals surface area contributed by atoms with Crippen molar-refractivity contribution in [2.45, 2.75) is 19.8 Å². The standard InChI is InChI=1S/C17H16O4.C2H3NO3/c1-12-4-2-3-5-15(12)17(20)21-14-9-6-13(7-10-14)8-11-16(18)19;3-1(4)2(5)6/h2-7,9-10H,8,11H2,1H3,(H,18,19);(H2,3,4)(H,5,6). The third kappa shape index (κ3) is 7.82. The molecule has 2 aromatic rings. The summed E-state index contributed by atoms with van der Waals surface area (Å²) in [4.78, 5) is 41.1. The Balaban J connectivity index is 0.000000527. The Kier molecular flexibility index (Phi) is 8.18. The zero-order valence-corrected chi connectivity index (χ0v) is 14.5. The van der Waals surface area contributed by atoms with E-state index in [4.69, 9.17) is 14.9 Å². The van der Waals surface area contributed by atoms with Crippen molar-refractivity contribution in [3.8, 4) is 5.75 Å². The van der Waals surface area contributed by atoms with Crippen LogP contribution in [0.5, 0.6) is 5.75 Å². The molecule has 4 N–H and O–H groups in total. The van der Waals surface area contributed by atoms with Crippen LogP contribution in [-0.2, 0) is 20.8 Å². The van der Waals surface area contributed by atoms with Gasteiger partial charge in [-0.15, -0.1) is 0 Å². The number of carbonyl (C=O) groups is 4. The van der Waals surface area contributed by atoms with Crippen LogP contribution in [0.1, 0.15) is 27.9 Å². The summed E-state index contributed by atoms with van der Waals surface area (Å²) in [6, 6.07) is 14.1. The van der Waals surface area contributed by atoms with Crippen LogP contribution in [0.25, 0.3) is 0 Å². The van der Waals surface area contributed by atoms with E-state index in [1.54, 1.807) is 36.4 Å². The van der Waals surface area contributed by atoms with Crippen molar-refractivity contribution < 1.29 is 34.1 Å². The topological polar surface area (TPSA) is 144 Å². The molecule has 2 rings (SSSR count). The molecule has 1 amide bonds. The van der Waals surface area contributed by atoms with Gasteiger partial charge in [-0.25, -0.2) is 9.59 Å². The van der Waals surface area contributed by atoms with E-state index in [2.05, 4.69) is 5.73 Å². The highest BCUT2D eigenvalue weighted by atomic mass is 16.5. The zero-order chi connectivity index (χ0) is 20.4. The lowest BCUT2D eigenvalue weighted by Crippen LogP contribution is -2.21. The van der Waals surface area contributed by atoms with E-state index in [0.29, 0.717) is 17.7 Å². The van der Waals surface area contributed by atoms with Gasteiger partial charge in [0, 0.05) is 6.42 Å². The van der Waals surface area contributed by atoms with E-state index in [1.165, 1.54) is 0 Å². The molecule has 0 aromatic heterocycles. The van der Waals surface area contributed by atoms with E-state index < -0.39 is 23.8 Å². The normalized spacial score (nSPS) is 9.52. The van der Waals surface area contributed by atoms with Crippen LogP contribution in [-0.4, -0.2) is 34.0 Å². The fraction of sp³-hybridized carbons (Fsp3) is 0.158. The number of esters is 1. The maximum absolute atomic E-state index is 12.0. The summed E-state index contributed by atoms with van der Waals surface area (Å²) in [6.07, 6.45) is 0.545. The first-order chi connectivity index (χ1) is 12.7.